The van der Waals surface area contributed by atoms with Crippen molar-refractivity contribution in [1.82, 2.24) is 0 Å². The molecule has 0 fully saturated rings. The predicted molar refractivity (Wildman–Crippen MR) is 91.0 cm³/mol. The molecule has 0 heterocycles. The first-order valence-corrected chi connectivity index (χ1v) is 7.27. The average Bonchev–Trinajstić information content (AvgIpc) is 2.01. The summed E-state index contributed by atoms with van der Waals surface area (Å²) in [5.41, 5.74) is 5.64. The van der Waals surface area contributed by atoms with Gasteiger partial charge in [0.05, 0.1) is 7.14 Å². The van der Waals surface area contributed by atoms with Crippen molar-refractivity contribution in [2.45, 2.75) is 13.0 Å². The van der Waals surface area contributed by atoms with E-state index < -0.39 is 0 Å². The third-order valence-corrected chi connectivity index (χ3v) is 3.68. The van der Waals surface area contributed by atoms with Gasteiger partial charge in [0.15, 0.2) is 0 Å². The second-order valence-corrected chi connectivity index (χ2v) is 6.56. The lowest BCUT2D eigenvalue weighted by atomic mass is 10.3. The molecule has 0 aliphatic heterocycles. The molecule has 0 aliphatic rings. The molecule has 15 heavy (non-hydrogen) atoms. The fourth-order valence-corrected chi connectivity index (χ4v) is 4.78. The lowest BCUT2D eigenvalue weighted by Gasteiger charge is -2.12. The van der Waals surface area contributed by atoms with Crippen molar-refractivity contribution < 1.29 is 4.74 Å². The second kappa shape index (κ2) is 7.72. The van der Waals surface area contributed by atoms with E-state index in [1.807, 2.05) is 6.92 Å². The van der Waals surface area contributed by atoms with Gasteiger partial charge in [0.25, 0.3) is 0 Å². The van der Waals surface area contributed by atoms with Crippen LogP contribution in [0, 0.1) is 10.7 Å². The van der Waals surface area contributed by atoms with Crippen LogP contribution in [0.3, 0.4) is 0 Å². The molecule has 1 rings (SSSR count). The third kappa shape index (κ3) is 5.55. The van der Waals surface area contributed by atoms with Gasteiger partial charge in [-0.15, -0.1) is 12.4 Å². The van der Waals surface area contributed by atoms with Gasteiger partial charge in [0.2, 0.25) is 0 Å². The zero-order valence-electron chi connectivity index (χ0n) is 7.97. The van der Waals surface area contributed by atoms with Gasteiger partial charge in [0, 0.05) is 9.61 Å². The molecule has 1 unspecified atom stereocenters. The molecular weight excluding hydrogens is 554 g/mol. The molecule has 1 atom stereocenters. The van der Waals surface area contributed by atoms with Gasteiger partial charge < -0.3 is 10.5 Å². The standard InChI is InChI=1S/C9H10I3NO.ClH/c1-5(13)4-14-9-7(11)2-6(10)3-8(9)12;/h2-3,5H,4,13H2,1H3;1H. The summed E-state index contributed by atoms with van der Waals surface area (Å²) in [4.78, 5) is 0. The molecule has 0 saturated carbocycles. The summed E-state index contributed by atoms with van der Waals surface area (Å²) in [5.74, 6) is 0.948. The average molecular weight is 565 g/mol. The zero-order valence-corrected chi connectivity index (χ0v) is 15.3. The molecule has 1 aromatic rings. The highest BCUT2D eigenvalue weighted by Crippen LogP contribution is 2.29. The first kappa shape index (κ1) is 16.5. The van der Waals surface area contributed by atoms with Crippen molar-refractivity contribution >= 4 is 80.2 Å². The van der Waals surface area contributed by atoms with Crippen LogP contribution in [-0.4, -0.2) is 12.6 Å². The maximum absolute atomic E-state index is 5.64. The Kier molecular flexibility index (Phi) is 8.47. The normalized spacial score (nSPS) is 11.8. The van der Waals surface area contributed by atoms with Crippen LogP contribution in [-0.2, 0) is 0 Å². The predicted octanol–water partition coefficient (Wildman–Crippen LogP) is 3.65. The van der Waals surface area contributed by atoms with Gasteiger partial charge in [-0.05, 0) is 86.8 Å². The van der Waals surface area contributed by atoms with Crippen molar-refractivity contribution in [3.05, 3.63) is 22.8 Å². The molecule has 1 aromatic carbocycles. The van der Waals surface area contributed by atoms with E-state index in [-0.39, 0.29) is 18.4 Å². The Labute approximate surface area is 137 Å². The first-order chi connectivity index (χ1) is 6.50. The quantitative estimate of drug-likeness (QED) is 0.569. The van der Waals surface area contributed by atoms with Crippen LogP contribution >= 0.6 is 80.2 Å². The van der Waals surface area contributed by atoms with Crippen LogP contribution in [0.2, 0.25) is 0 Å². The summed E-state index contributed by atoms with van der Waals surface area (Å²) in [6.07, 6.45) is 0. The van der Waals surface area contributed by atoms with Crippen LogP contribution in [0.15, 0.2) is 12.1 Å². The summed E-state index contributed by atoms with van der Waals surface area (Å²) < 4.78 is 9.14. The molecule has 6 heteroatoms. The lowest BCUT2D eigenvalue weighted by Crippen LogP contribution is -2.24. The van der Waals surface area contributed by atoms with Gasteiger partial charge in [-0.3, -0.25) is 0 Å². The molecule has 2 nitrogen and oxygen atoms in total. The minimum Gasteiger partial charge on any atom is -0.490 e. The molecule has 0 radical (unpaired) electrons. The highest BCUT2D eigenvalue weighted by molar-refractivity contribution is 14.1. The van der Waals surface area contributed by atoms with E-state index in [1.165, 1.54) is 3.57 Å². The summed E-state index contributed by atoms with van der Waals surface area (Å²) in [7, 11) is 0. The first-order valence-electron chi connectivity index (χ1n) is 4.03. The summed E-state index contributed by atoms with van der Waals surface area (Å²) in [5, 5.41) is 0. The molecule has 0 amide bonds. The minimum atomic E-state index is 0. The maximum Gasteiger partial charge on any atom is 0.146 e. The topological polar surface area (TPSA) is 35.2 Å². The Balaban J connectivity index is 0.00000196. The Bertz CT molecular complexity index is 310. The summed E-state index contributed by atoms with van der Waals surface area (Å²) in [6, 6.07) is 4.26. The number of halogens is 4. The van der Waals surface area contributed by atoms with Gasteiger partial charge in [-0.1, -0.05) is 0 Å². The Morgan fingerprint density at radius 1 is 1.27 bits per heavy atom. The van der Waals surface area contributed by atoms with Crippen molar-refractivity contribution in [3.63, 3.8) is 0 Å². The van der Waals surface area contributed by atoms with Crippen LogP contribution in [0.25, 0.3) is 0 Å². The highest BCUT2D eigenvalue weighted by Gasteiger charge is 2.08. The van der Waals surface area contributed by atoms with Crippen LogP contribution in [0.5, 0.6) is 5.75 Å². The van der Waals surface area contributed by atoms with Crippen LogP contribution in [0.4, 0.5) is 0 Å². The third-order valence-electron chi connectivity index (χ3n) is 1.45. The number of hydrogen-bond donors (Lipinski definition) is 1. The van der Waals surface area contributed by atoms with Gasteiger partial charge >= 0.3 is 0 Å². The molecule has 86 valence electrons. The van der Waals surface area contributed by atoms with Crippen molar-refractivity contribution in [2.24, 2.45) is 5.73 Å². The number of benzene rings is 1. The fourth-order valence-electron chi connectivity index (χ4n) is 0.882. The minimum absolute atomic E-state index is 0. The SMILES string of the molecule is CC(N)COc1c(I)cc(I)cc1I.Cl. The van der Waals surface area contributed by atoms with Gasteiger partial charge in [-0.25, -0.2) is 0 Å². The highest BCUT2D eigenvalue weighted by atomic mass is 127. The van der Waals surface area contributed by atoms with Crippen LogP contribution in [0.1, 0.15) is 6.92 Å². The van der Waals surface area contributed by atoms with E-state index in [1.54, 1.807) is 0 Å². The molecule has 0 aliphatic carbocycles. The zero-order chi connectivity index (χ0) is 10.7. The number of ether oxygens (including phenoxy) is 1. The molecule has 0 bridgehead atoms. The van der Waals surface area contributed by atoms with E-state index >= 15 is 0 Å². The smallest absolute Gasteiger partial charge is 0.146 e. The monoisotopic (exact) mass is 565 g/mol. The number of hydrogen-bond acceptors (Lipinski definition) is 2. The molecule has 0 spiro atoms. The molecule has 2 N–H and O–H groups in total. The largest absolute Gasteiger partial charge is 0.490 e. The number of nitrogens with two attached hydrogens (primary N) is 1. The molecule has 0 aromatic heterocycles. The van der Waals surface area contributed by atoms with Gasteiger partial charge in [0.1, 0.15) is 12.4 Å². The van der Waals surface area contributed by atoms with Crippen molar-refractivity contribution in [3.8, 4) is 5.75 Å². The summed E-state index contributed by atoms with van der Waals surface area (Å²) >= 11 is 6.87. The van der Waals surface area contributed by atoms with Crippen LogP contribution < -0.4 is 10.5 Å². The van der Waals surface area contributed by atoms with E-state index in [4.69, 9.17) is 10.5 Å². The van der Waals surface area contributed by atoms with E-state index in [2.05, 4.69) is 79.9 Å². The number of rotatable bonds is 3. The van der Waals surface area contributed by atoms with Crippen molar-refractivity contribution in [1.29, 1.82) is 0 Å². The molecular formula is C9H11ClI3NO. The van der Waals surface area contributed by atoms with Gasteiger partial charge in [-0.2, -0.15) is 0 Å². The fraction of sp³-hybridized carbons (Fsp3) is 0.333. The second-order valence-electron chi connectivity index (χ2n) is 2.99. The maximum atomic E-state index is 5.64. The Morgan fingerprint density at radius 2 is 1.73 bits per heavy atom. The Hall–Kier alpha value is 1.46. The molecule has 0 saturated heterocycles. The Morgan fingerprint density at radius 3 is 2.13 bits per heavy atom. The van der Waals surface area contributed by atoms with E-state index in [9.17, 15) is 0 Å². The summed E-state index contributed by atoms with van der Waals surface area (Å²) in [6.45, 7) is 2.50. The van der Waals surface area contributed by atoms with E-state index in [0.29, 0.717) is 6.61 Å². The lowest BCUT2D eigenvalue weighted by molar-refractivity contribution is 0.292. The van der Waals surface area contributed by atoms with Crippen molar-refractivity contribution in [2.75, 3.05) is 6.61 Å². The van der Waals surface area contributed by atoms with E-state index in [0.717, 1.165) is 12.9 Å².